The van der Waals surface area contributed by atoms with Crippen LogP contribution in [0, 0.1) is 0 Å². The van der Waals surface area contributed by atoms with Crippen LogP contribution in [-0.4, -0.2) is 71.7 Å². The second-order valence-electron chi connectivity index (χ2n) is 7.91. The summed E-state index contributed by atoms with van der Waals surface area (Å²) in [5, 5.41) is 0. The van der Waals surface area contributed by atoms with Gasteiger partial charge < -0.3 is 19.4 Å². The molecule has 152 valence electrons. The molecular weight excluding hydrogens is 342 g/mol. The molecule has 0 aromatic heterocycles. The largest absolute Gasteiger partial charge is 0.444 e. The van der Waals surface area contributed by atoms with Crippen LogP contribution in [0.15, 0.2) is 36.5 Å². The van der Waals surface area contributed by atoms with Gasteiger partial charge in [-0.15, -0.1) is 0 Å². The van der Waals surface area contributed by atoms with Crippen molar-refractivity contribution in [3.8, 4) is 0 Å². The van der Waals surface area contributed by atoms with Gasteiger partial charge in [-0.25, -0.2) is 9.59 Å². The monoisotopic (exact) mass is 377 g/mol. The first kappa shape index (κ1) is 22.8. The fraction of sp³-hybridized carbons (Fsp3) is 0.619. The summed E-state index contributed by atoms with van der Waals surface area (Å²) in [6, 6.07) is 0.0998. The van der Waals surface area contributed by atoms with Gasteiger partial charge in [0, 0.05) is 39.3 Å². The average molecular weight is 378 g/mol. The predicted octanol–water partition coefficient (Wildman–Crippen LogP) is 4.06. The van der Waals surface area contributed by atoms with Gasteiger partial charge in [-0.1, -0.05) is 30.9 Å². The second-order valence-corrected chi connectivity index (χ2v) is 7.91. The van der Waals surface area contributed by atoms with E-state index in [2.05, 4.69) is 6.58 Å². The van der Waals surface area contributed by atoms with E-state index in [4.69, 9.17) is 4.74 Å². The first-order chi connectivity index (χ1) is 12.6. The zero-order valence-corrected chi connectivity index (χ0v) is 17.7. The maximum absolute atomic E-state index is 12.7. The molecule has 0 N–H and O–H groups in total. The van der Waals surface area contributed by atoms with Crippen LogP contribution in [-0.2, 0) is 4.74 Å². The molecule has 0 saturated carbocycles. The Morgan fingerprint density at radius 3 is 2.59 bits per heavy atom. The first-order valence-electron chi connectivity index (χ1n) is 9.53. The Balaban J connectivity index is 2.56. The maximum Gasteiger partial charge on any atom is 0.410 e. The number of carbonyl (C=O) groups excluding carboxylic acids is 2. The van der Waals surface area contributed by atoms with Gasteiger partial charge in [0.1, 0.15) is 5.60 Å². The summed E-state index contributed by atoms with van der Waals surface area (Å²) >= 11 is 0. The third-order valence-corrected chi connectivity index (χ3v) is 4.33. The summed E-state index contributed by atoms with van der Waals surface area (Å²) in [7, 11) is 1.72. The molecule has 1 heterocycles. The first-order valence-corrected chi connectivity index (χ1v) is 9.53. The Morgan fingerprint density at radius 2 is 2.04 bits per heavy atom. The molecule has 1 rings (SSSR count). The fourth-order valence-electron chi connectivity index (χ4n) is 2.87. The summed E-state index contributed by atoms with van der Waals surface area (Å²) in [4.78, 5) is 30.1. The third-order valence-electron chi connectivity index (χ3n) is 4.33. The van der Waals surface area contributed by atoms with Crippen molar-refractivity contribution in [2.75, 3.05) is 33.2 Å². The Kier molecular flexibility index (Phi) is 8.60. The van der Waals surface area contributed by atoms with Gasteiger partial charge in [-0.2, -0.15) is 0 Å². The second kappa shape index (κ2) is 10.2. The van der Waals surface area contributed by atoms with Crippen LogP contribution in [0.2, 0.25) is 0 Å². The summed E-state index contributed by atoms with van der Waals surface area (Å²) in [5.74, 6) is 0. The number of nitrogens with zero attached hydrogens (tertiary/aromatic N) is 3. The lowest BCUT2D eigenvalue weighted by atomic mass is 10.2. The van der Waals surface area contributed by atoms with Crippen LogP contribution in [0.25, 0.3) is 0 Å². The van der Waals surface area contributed by atoms with Crippen molar-refractivity contribution >= 4 is 12.1 Å². The summed E-state index contributed by atoms with van der Waals surface area (Å²) in [6.45, 7) is 15.8. The molecule has 0 aromatic rings. The zero-order valence-electron chi connectivity index (χ0n) is 17.7. The SMILES string of the molecule is C=C/C=C(\C=C/C)CN1CCN(C(C)CCN(C)C(=O)OC(C)(C)C)C1=O. The van der Waals surface area contributed by atoms with Crippen molar-refractivity contribution in [3.05, 3.63) is 36.5 Å². The van der Waals surface area contributed by atoms with Crippen molar-refractivity contribution < 1.29 is 14.3 Å². The molecule has 0 radical (unpaired) electrons. The van der Waals surface area contributed by atoms with Gasteiger partial charge in [0.15, 0.2) is 0 Å². The van der Waals surface area contributed by atoms with E-state index in [-0.39, 0.29) is 18.2 Å². The Morgan fingerprint density at radius 1 is 1.37 bits per heavy atom. The molecule has 0 spiro atoms. The van der Waals surface area contributed by atoms with E-state index >= 15 is 0 Å². The topological polar surface area (TPSA) is 53.1 Å². The van der Waals surface area contributed by atoms with Crippen LogP contribution in [0.4, 0.5) is 9.59 Å². The van der Waals surface area contributed by atoms with Gasteiger partial charge in [-0.3, -0.25) is 0 Å². The third kappa shape index (κ3) is 7.49. The molecule has 0 aromatic carbocycles. The van der Waals surface area contributed by atoms with E-state index in [0.29, 0.717) is 32.6 Å². The van der Waals surface area contributed by atoms with Crippen molar-refractivity contribution in [3.63, 3.8) is 0 Å². The molecule has 0 aliphatic carbocycles. The number of allylic oxidation sites excluding steroid dienone is 3. The van der Waals surface area contributed by atoms with E-state index < -0.39 is 5.60 Å². The van der Waals surface area contributed by atoms with Crippen molar-refractivity contribution in [1.29, 1.82) is 0 Å². The molecule has 1 saturated heterocycles. The maximum atomic E-state index is 12.7. The van der Waals surface area contributed by atoms with Crippen LogP contribution < -0.4 is 0 Å². The average Bonchev–Trinajstić information content (AvgIpc) is 2.92. The highest BCUT2D eigenvalue weighted by molar-refractivity contribution is 5.77. The van der Waals surface area contributed by atoms with Crippen molar-refractivity contribution in [2.45, 2.75) is 52.7 Å². The van der Waals surface area contributed by atoms with Gasteiger partial charge in [0.05, 0.1) is 0 Å². The molecular formula is C21H35N3O3. The van der Waals surface area contributed by atoms with Gasteiger partial charge >= 0.3 is 12.1 Å². The molecule has 1 atom stereocenters. The predicted molar refractivity (Wildman–Crippen MR) is 110 cm³/mol. The molecule has 3 amide bonds. The van der Waals surface area contributed by atoms with Gasteiger partial charge in [0.25, 0.3) is 0 Å². The molecule has 27 heavy (non-hydrogen) atoms. The number of hydrogen-bond acceptors (Lipinski definition) is 3. The van der Waals surface area contributed by atoms with Crippen LogP contribution in [0.3, 0.4) is 0 Å². The molecule has 0 bridgehead atoms. The lowest BCUT2D eigenvalue weighted by Gasteiger charge is -2.28. The molecule has 1 aliphatic heterocycles. The summed E-state index contributed by atoms with van der Waals surface area (Å²) in [6.07, 6.45) is 7.99. The Labute approximate surface area is 164 Å². The molecule has 1 aliphatic rings. The Bertz CT molecular complexity index is 590. The number of carbonyl (C=O) groups is 2. The van der Waals surface area contributed by atoms with Crippen molar-refractivity contribution in [1.82, 2.24) is 14.7 Å². The lowest BCUT2D eigenvalue weighted by molar-refractivity contribution is 0.0289. The zero-order chi connectivity index (χ0) is 20.6. The van der Waals surface area contributed by atoms with Crippen molar-refractivity contribution in [2.24, 2.45) is 0 Å². The van der Waals surface area contributed by atoms with E-state index in [1.165, 1.54) is 0 Å². The molecule has 1 unspecified atom stereocenters. The van der Waals surface area contributed by atoms with Gasteiger partial charge in [0.2, 0.25) is 0 Å². The molecule has 1 fully saturated rings. The normalized spacial score (nSPS) is 16.8. The van der Waals surface area contributed by atoms with E-state index in [1.54, 1.807) is 18.0 Å². The van der Waals surface area contributed by atoms with Crippen LogP contribution >= 0.6 is 0 Å². The van der Waals surface area contributed by atoms with Crippen LogP contribution in [0.1, 0.15) is 41.0 Å². The minimum absolute atomic E-state index is 0.0434. The van der Waals surface area contributed by atoms with E-state index in [9.17, 15) is 9.59 Å². The number of rotatable bonds is 8. The fourth-order valence-corrected chi connectivity index (χ4v) is 2.87. The quantitative estimate of drug-likeness (QED) is 0.600. The standard InChI is InChI=1S/C21H35N3O3/c1-8-10-18(11-9-2)16-23-14-15-24(19(23)25)17(3)12-13-22(7)20(26)27-21(4,5)6/h8-11,17H,1,12-16H2,2-7H3/b11-9-,18-10+. The minimum atomic E-state index is -0.508. The van der Waals surface area contributed by atoms with E-state index in [0.717, 1.165) is 5.57 Å². The summed E-state index contributed by atoms with van der Waals surface area (Å²) < 4.78 is 5.36. The number of urea groups is 1. The highest BCUT2D eigenvalue weighted by Gasteiger charge is 2.32. The molecule has 6 nitrogen and oxygen atoms in total. The highest BCUT2D eigenvalue weighted by Crippen LogP contribution is 2.17. The number of hydrogen-bond donors (Lipinski definition) is 0. The van der Waals surface area contributed by atoms with Gasteiger partial charge in [-0.05, 0) is 46.6 Å². The summed E-state index contributed by atoms with van der Waals surface area (Å²) in [5.41, 5.74) is 0.548. The molecule has 6 heteroatoms. The minimum Gasteiger partial charge on any atom is -0.444 e. The van der Waals surface area contributed by atoms with E-state index in [1.807, 2.05) is 62.6 Å². The smallest absolute Gasteiger partial charge is 0.410 e. The number of ether oxygens (including phenoxy) is 1. The highest BCUT2D eigenvalue weighted by atomic mass is 16.6. The van der Waals surface area contributed by atoms with Crippen LogP contribution in [0.5, 0.6) is 0 Å². The Hall–Kier alpha value is -2.24. The number of amides is 3. The lowest BCUT2D eigenvalue weighted by Crippen LogP contribution is -2.41.